The number of hydrogen-bond acceptors (Lipinski definition) is 4. The zero-order valence-corrected chi connectivity index (χ0v) is 9.44. The van der Waals surface area contributed by atoms with Gasteiger partial charge in [0.1, 0.15) is 6.20 Å². The Morgan fingerprint density at radius 1 is 1.60 bits per heavy atom. The van der Waals surface area contributed by atoms with Crippen molar-refractivity contribution in [1.29, 1.82) is 0 Å². The molecule has 6 heteroatoms. The van der Waals surface area contributed by atoms with E-state index in [2.05, 4.69) is 31.1 Å². The van der Waals surface area contributed by atoms with Gasteiger partial charge in [-0.2, -0.15) is 9.55 Å². The van der Waals surface area contributed by atoms with E-state index in [1.807, 2.05) is 0 Å². The molecule has 1 heterocycles. The fraction of sp³-hybridized carbons (Fsp3) is 0.667. The molecule has 0 unspecified atom stereocenters. The van der Waals surface area contributed by atoms with Gasteiger partial charge >= 0.3 is 5.82 Å². The summed E-state index contributed by atoms with van der Waals surface area (Å²) in [5, 5.41) is 13.6. The summed E-state index contributed by atoms with van der Waals surface area (Å²) in [7, 11) is 1.62. The Bertz CT molecular complexity index is 365. The van der Waals surface area contributed by atoms with Crippen LogP contribution < -0.4 is 5.32 Å². The zero-order valence-electron chi connectivity index (χ0n) is 9.44. The number of hydrogen-bond donors (Lipinski definition) is 1. The van der Waals surface area contributed by atoms with Crippen LogP contribution in [0.5, 0.6) is 0 Å². The molecule has 0 atom stereocenters. The lowest BCUT2D eigenvalue weighted by molar-refractivity contribution is -0.391. The first-order valence-electron chi connectivity index (χ1n) is 4.71. The Labute approximate surface area is 88.5 Å². The quantitative estimate of drug-likeness (QED) is 0.612. The van der Waals surface area contributed by atoms with Gasteiger partial charge in [0.05, 0.1) is 7.05 Å². The molecule has 1 rings (SSSR count). The number of anilines is 1. The van der Waals surface area contributed by atoms with Gasteiger partial charge in [-0.1, -0.05) is 20.8 Å². The molecule has 0 aromatic carbocycles. The maximum atomic E-state index is 10.6. The summed E-state index contributed by atoms with van der Waals surface area (Å²) in [5.41, 5.74) is 0.112. The van der Waals surface area contributed by atoms with E-state index >= 15 is 0 Å². The second kappa shape index (κ2) is 3.88. The van der Waals surface area contributed by atoms with Crippen molar-refractivity contribution in [2.75, 3.05) is 11.9 Å². The van der Waals surface area contributed by atoms with E-state index in [9.17, 15) is 10.1 Å². The van der Waals surface area contributed by atoms with Crippen LogP contribution in [-0.2, 0) is 7.05 Å². The predicted octanol–water partition coefficient (Wildman–Crippen LogP) is 1.79. The van der Waals surface area contributed by atoms with Crippen LogP contribution in [0.15, 0.2) is 6.20 Å². The summed E-state index contributed by atoms with van der Waals surface area (Å²) in [4.78, 5) is 14.1. The van der Waals surface area contributed by atoms with Crippen LogP contribution in [0, 0.1) is 15.5 Å². The van der Waals surface area contributed by atoms with Crippen molar-refractivity contribution in [3.05, 3.63) is 16.3 Å². The molecular weight excluding hydrogens is 196 g/mol. The van der Waals surface area contributed by atoms with E-state index in [1.165, 1.54) is 10.8 Å². The molecule has 0 saturated carbocycles. The molecule has 84 valence electrons. The molecule has 0 aliphatic carbocycles. The average molecular weight is 212 g/mol. The van der Waals surface area contributed by atoms with Gasteiger partial charge in [0.15, 0.2) is 0 Å². The Balaban J connectivity index is 2.75. The average Bonchev–Trinajstić information content (AvgIpc) is 2.42. The number of nitrogens with one attached hydrogen (secondary N) is 1. The minimum Gasteiger partial charge on any atom is -0.358 e. The van der Waals surface area contributed by atoms with E-state index < -0.39 is 4.92 Å². The first kappa shape index (κ1) is 11.5. The summed E-state index contributed by atoms with van der Waals surface area (Å²) in [6, 6.07) is 0. The Morgan fingerprint density at radius 3 is 2.60 bits per heavy atom. The third kappa shape index (κ3) is 2.93. The second-order valence-corrected chi connectivity index (χ2v) is 4.67. The Kier molecular flexibility index (Phi) is 2.97. The van der Waals surface area contributed by atoms with Gasteiger partial charge in [-0.05, 0) is 10.3 Å². The van der Waals surface area contributed by atoms with Crippen LogP contribution in [0.2, 0.25) is 0 Å². The first-order valence-corrected chi connectivity index (χ1v) is 4.71. The fourth-order valence-corrected chi connectivity index (χ4v) is 1.08. The summed E-state index contributed by atoms with van der Waals surface area (Å²) < 4.78 is 1.44. The molecule has 0 spiro atoms. The minimum absolute atomic E-state index is 0.00795. The Morgan fingerprint density at radius 2 is 2.20 bits per heavy atom. The standard InChI is InChI=1S/C9H16N4O2/c1-9(2,3)6-11-8-10-5-7(12(8)4)13(14)15/h5H,6H2,1-4H3,(H,10,11). The third-order valence-electron chi connectivity index (χ3n) is 1.93. The van der Waals surface area contributed by atoms with Crippen LogP contribution in [0.1, 0.15) is 20.8 Å². The molecule has 6 nitrogen and oxygen atoms in total. The van der Waals surface area contributed by atoms with Gasteiger partial charge in [-0.15, -0.1) is 0 Å². The van der Waals surface area contributed by atoms with Crippen LogP contribution >= 0.6 is 0 Å². The van der Waals surface area contributed by atoms with E-state index in [-0.39, 0.29) is 11.2 Å². The van der Waals surface area contributed by atoms with E-state index in [1.54, 1.807) is 7.05 Å². The normalized spacial score (nSPS) is 11.5. The molecule has 0 bridgehead atoms. The van der Waals surface area contributed by atoms with Crippen LogP contribution in [0.3, 0.4) is 0 Å². The van der Waals surface area contributed by atoms with Gasteiger partial charge < -0.3 is 15.4 Å². The molecule has 0 fully saturated rings. The lowest BCUT2D eigenvalue weighted by Gasteiger charge is -2.17. The topological polar surface area (TPSA) is 73.0 Å². The molecule has 15 heavy (non-hydrogen) atoms. The maximum absolute atomic E-state index is 10.6. The smallest absolute Gasteiger partial charge is 0.344 e. The largest absolute Gasteiger partial charge is 0.358 e. The summed E-state index contributed by atoms with van der Waals surface area (Å²) in [5.74, 6) is 0.517. The van der Waals surface area contributed by atoms with Crippen LogP contribution in [0.4, 0.5) is 11.8 Å². The van der Waals surface area contributed by atoms with Gasteiger partial charge in [-0.25, -0.2) is 0 Å². The lowest BCUT2D eigenvalue weighted by atomic mass is 9.97. The van der Waals surface area contributed by atoms with Crippen LogP contribution in [-0.4, -0.2) is 21.0 Å². The number of imidazole rings is 1. The highest BCUT2D eigenvalue weighted by atomic mass is 16.6. The molecule has 1 aromatic heterocycles. The second-order valence-electron chi connectivity index (χ2n) is 4.67. The first-order chi connectivity index (χ1) is 6.81. The fourth-order valence-electron chi connectivity index (χ4n) is 1.08. The molecule has 0 radical (unpaired) electrons. The maximum Gasteiger partial charge on any atom is 0.344 e. The summed E-state index contributed by atoms with van der Waals surface area (Å²) in [6.45, 7) is 6.96. The van der Waals surface area contributed by atoms with E-state index in [0.717, 1.165) is 6.54 Å². The zero-order chi connectivity index (χ0) is 11.6. The highest BCUT2D eigenvalue weighted by Crippen LogP contribution is 2.18. The van der Waals surface area contributed by atoms with Crippen molar-refractivity contribution in [2.45, 2.75) is 20.8 Å². The molecule has 1 aromatic rings. The van der Waals surface area contributed by atoms with Gasteiger partial charge in [0.25, 0.3) is 5.95 Å². The number of rotatable bonds is 3. The monoisotopic (exact) mass is 212 g/mol. The van der Waals surface area contributed by atoms with Gasteiger partial charge in [0.2, 0.25) is 0 Å². The van der Waals surface area contributed by atoms with Gasteiger partial charge in [0, 0.05) is 6.54 Å². The number of nitrogens with zero attached hydrogens (tertiary/aromatic N) is 3. The molecule has 0 aliphatic heterocycles. The third-order valence-corrected chi connectivity index (χ3v) is 1.93. The molecule has 1 N–H and O–H groups in total. The number of aromatic nitrogens is 2. The van der Waals surface area contributed by atoms with Crippen molar-refractivity contribution in [3.8, 4) is 0 Å². The highest BCUT2D eigenvalue weighted by Gasteiger charge is 2.18. The molecule has 0 aliphatic rings. The highest BCUT2D eigenvalue weighted by molar-refractivity contribution is 5.35. The summed E-state index contributed by atoms with van der Waals surface area (Å²) >= 11 is 0. The van der Waals surface area contributed by atoms with Crippen molar-refractivity contribution >= 4 is 11.8 Å². The van der Waals surface area contributed by atoms with Crippen molar-refractivity contribution < 1.29 is 4.92 Å². The van der Waals surface area contributed by atoms with E-state index in [4.69, 9.17) is 0 Å². The minimum atomic E-state index is -0.449. The predicted molar refractivity (Wildman–Crippen MR) is 57.8 cm³/mol. The molecule has 0 amide bonds. The Hall–Kier alpha value is -1.59. The van der Waals surface area contributed by atoms with E-state index in [0.29, 0.717) is 5.95 Å². The van der Waals surface area contributed by atoms with Crippen molar-refractivity contribution in [3.63, 3.8) is 0 Å². The SMILES string of the molecule is Cn1c([N+](=O)[O-])cnc1NCC(C)(C)C. The van der Waals surface area contributed by atoms with Gasteiger partial charge in [-0.3, -0.25) is 0 Å². The molecule has 0 saturated heterocycles. The molecular formula is C9H16N4O2. The van der Waals surface area contributed by atoms with Crippen LogP contribution in [0.25, 0.3) is 0 Å². The summed E-state index contributed by atoms with van der Waals surface area (Å²) in [6.07, 6.45) is 1.25. The van der Waals surface area contributed by atoms with Crippen molar-refractivity contribution in [1.82, 2.24) is 9.55 Å². The number of nitro groups is 1. The van der Waals surface area contributed by atoms with Crippen molar-refractivity contribution in [2.24, 2.45) is 12.5 Å². The lowest BCUT2D eigenvalue weighted by Crippen LogP contribution is -2.20.